The van der Waals surface area contributed by atoms with Crippen LogP contribution in [0.4, 0.5) is 0 Å². The Morgan fingerprint density at radius 2 is 2.00 bits per heavy atom. The van der Waals surface area contributed by atoms with Crippen molar-refractivity contribution in [1.82, 2.24) is 0 Å². The van der Waals surface area contributed by atoms with Gasteiger partial charge in [0, 0.05) is 6.61 Å². The lowest BCUT2D eigenvalue weighted by atomic mass is 10.5. The van der Waals surface area contributed by atoms with Crippen LogP contribution in [0.2, 0.25) is 0 Å². The Morgan fingerprint density at radius 3 is 2.11 bits per heavy atom. The fourth-order valence-electron chi connectivity index (χ4n) is 0.161. The van der Waals surface area contributed by atoms with Crippen LogP contribution in [0.3, 0.4) is 0 Å². The molecule has 0 radical (unpaired) electrons. The Balaban J connectivity index is 0. The number of aliphatic hydroxyl groups is 1. The zero-order valence-electron chi connectivity index (χ0n) is 6.05. The second-order valence-corrected chi connectivity index (χ2v) is 1.28. The molecule has 0 aliphatic heterocycles. The minimum Gasteiger partial charge on any atom is -0.447 e. The van der Waals surface area contributed by atoms with Gasteiger partial charge in [-0.3, -0.25) is 0 Å². The van der Waals surface area contributed by atoms with Crippen LogP contribution < -0.4 is 0 Å². The molecule has 54 valence electrons. The molecule has 0 aliphatic rings. The van der Waals surface area contributed by atoms with Gasteiger partial charge in [0.05, 0.1) is 6.61 Å². The molecule has 0 aromatic rings. The lowest BCUT2D eigenvalue weighted by Crippen LogP contribution is -1.80. The zero-order chi connectivity index (χ0) is 7.54. The van der Waals surface area contributed by atoms with Gasteiger partial charge in [-0.05, 0) is 13.3 Å². The van der Waals surface area contributed by atoms with E-state index in [1.165, 1.54) is 0 Å². The molecule has 9 heavy (non-hydrogen) atoms. The third kappa shape index (κ3) is 38.5. The smallest absolute Gasteiger partial charge is 0.106 e. The highest BCUT2D eigenvalue weighted by atomic mass is 16.5. The van der Waals surface area contributed by atoms with E-state index in [9.17, 15) is 0 Å². The van der Waals surface area contributed by atoms with Gasteiger partial charge in [-0.25, -0.2) is 0 Å². The fraction of sp³-hybridized carbons (Fsp3) is 0.714. The van der Waals surface area contributed by atoms with E-state index in [2.05, 4.69) is 10.8 Å². The first-order chi connectivity index (χ1) is 4.33. The summed E-state index contributed by atoms with van der Waals surface area (Å²) in [6.45, 7) is 4.62. The highest BCUT2D eigenvalue weighted by Crippen LogP contribution is 1.73. The predicted molar refractivity (Wildman–Crippen MR) is 37.8 cm³/mol. The van der Waals surface area contributed by atoms with Crippen molar-refractivity contribution < 1.29 is 9.84 Å². The normalized spacial score (nSPS) is 6.44. The number of aliphatic hydroxyl groups excluding tert-OH is 1. The molecule has 1 N–H and O–H groups in total. The van der Waals surface area contributed by atoms with Crippen molar-refractivity contribution in [2.75, 3.05) is 13.2 Å². The summed E-state index contributed by atoms with van der Waals surface area (Å²) < 4.78 is 4.51. The van der Waals surface area contributed by atoms with E-state index in [1.54, 1.807) is 6.92 Å². The van der Waals surface area contributed by atoms with Crippen LogP contribution >= 0.6 is 0 Å². The average Bonchev–Trinajstić information content (AvgIpc) is 1.86. The molecular weight excluding hydrogens is 116 g/mol. The molecule has 0 bridgehead atoms. The van der Waals surface area contributed by atoms with Crippen LogP contribution in [0.25, 0.3) is 0 Å². The second kappa shape index (κ2) is 15.7. The Bertz CT molecular complexity index is 63.8. The van der Waals surface area contributed by atoms with E-state index < -0.39 is 0 Å². The highest BCUT2D eigenvalue weighted by Gasteiger charge is 1.69. The SMILES string of the molecule is C#COCCC.CCO. The topological polar surface area (TPSA) is 29.5 Å². The van der Waals surface area contributed by atoms with Crippen LogP contribution in [0, 0.1) is 12.5 Å². The number of hydrogen-bond donors (Lipinski definition) is 1. The maximum atomic E-state index is 7.57. The molecule has 0 rings (SSSR count). The van der Waals surface area contributed by atoms with E-state index in [-0.39, 0.29) is 6.61 Å². The Hall–Kier alpha value is -0.680. The average molecular weight is 130 g/mol. The molecule has 0 saturated carbocycles. The molecule has 0 aliphatic carbocycles. The molecule has 0 amide bonds. The van der Waals surface area contributed by atoms with Gasteiger partial charge in [-0.2, -0.15) is 0 Å². The van der Waals surface area contributed by atoms with Crippen molar-refractivity contribution in [3.05, 3.63) is 0 Å². The van der Waals surface area contributed by atoms with Crippen molar-refractivity contribution >= 4 is 0 Å². The van der Waals surface area contributed by atoms with Gasteiger partial charge in [-0.1, -0.05) is 13.3 Å². The molecule has 2 nitrogen and oxygen atoms in total. The van der Waals surface area contributed by atoms with Gasteiger partial charge in [0.2, 0.25) is 0 Å². The maximum Gasteiger partial charge on any atom is 0.106 e. The summed E-state index contributed by atoms with van der Waals surface area (Å²) in [7, 11) is 0. The molecule has 0 aromatic heterocycles. The van der Waals surface area contributed by atoms with E-state index in [4.69, 9.17) is 11.5 Å². The Labute approximate surface area is 56.8 Å². The third-order valence-electron chi connectivity index (χ3n) is 0.390. The van der Waals surface area contributed by atoms with Gasteiger partial charge in [0.15, 0.2) is 0 Å². The number of hydrogen-bond acceptors (Lipinski definition) is 2. The largest absolute Gasteiger partial charge is 0.447 e. The third-order valence-corrected chi connectivity index (χ3v) is 0.390. The number of terminal acetylenes is 1. The van der Waals surface area contributed by atoms with Crippen LogP contribution in [-0.4, -0.2) is 18.3 Å². The summed E-state index contributed by atoms with van der Waals surface area (Å²) >= 11 is 0. The van der Waals surface area contributed by atoms with Crippen LogP contribution in [0.5, 0.6) is 0 Å². The fourth-order valence-corrected chi connectivity index (χ4v) is 0.161. The monoisotopic (exact) mass is 130 g/mol. The van der Waals surface area contributed by atoms with Gasteiger partial charge in [-0.15, -0.1) is 0 Å². The molecule has 0 unspecified atom stereocenters. The lowest BCUT2D eigenvalue weighted by molar-refractivity contribution is 0.278. The quantitative estimate of drug-likeness (QED) is 0.446. The van der Waals surface area contributed by atoms with Crippen LogP contribution in [0.15, 0.2) is 0 Å². The first kappa shape index (κ1) is 11.2. The molecule has 0 heterocycles. The molecule has 0 atom stereocenters. The van der Waals surface area contributed by atoms with Crippen LogP contribution in [0.1, 0.15) is 20.3 Å². The molecule has 0 spiro atoms. The summed E-state index contributed by atoms with van der Waals surface area (Å²) in [5, 5.41) is 7.57. The molecule has 0 aromatic carbocycles. The van der Waals surface area contributed by atoms with Gasteiger partial charge in [0.1, 0.15) is 6.11 Å². The predicted octanol–water partition coefficient (Wildman–Crippen LogP) is 1.00. The van der Waals surface area contributed by atoms with Crippen LogP contribution in [-0.2, 0) is 4.74 Å². The summed E-state index contributed by atoms with van der Waals surface area (Å²) in [5.41, 5.74) is 0. The van der Waals surface area contributed by atoms with Crippen molar-refractivity contribution in [3.63, 3.8) is 0 Å². The summed E-state index contributed by atoms with van der Waals surface area (Å²) in [6, 6.07) is 0. The van der Waals surface area contributed by atoms with E-state index >= 15 is 0 Å². The summed E-state index contributed by atoms with van der Waals surface area (Å²) in [5.74, 6) is 0. The molecule has 0 saturated heterocycles. The molecular formula is C7H14O2. The number of rotatable bonds is 2. The highest BCUT2D eigenvalue weighted by molar-refractivity contribution is 4.67. The number of ether oxygens (including phenoxy) is 1. The standard InChI is InChI=1S/C5H8O.C2H6O/c1-3-5-6-4-2;1-2-3/h2H,3,5H2,1H3;3H,2H2,1H3. The molecule has 2 heteroatoms. The van der Waals surface area contributed by atoms with Gasteiger partial charge in [0.25, 0.3) is 0 Å². The van der Waals surface area contributed by atoms with Crippen molar-refractivity contribution in [2.45, 2.75) is 20.3 Å². The van der Waals surface area contributed by atoms with Crippen molar-refractivity contribution in [3.8, 4) is 12.5 Å². The molecule has 0 fully saturated rings. The zero-order valence-corrected chi connectivity index (χ0v) is 6.05. The Kier molecular flexibility index (Phi) is 19.4. The van der Waals surface area contributed by atoms with Gasteiger partial charge >= 0.3 is 0 Å². The lowest BCUT2D eigenvalue weighted by Gasteiger charge is -1.86. The van der Waals surface area contributed by atoms with Gasteiger partial charge < -0.3 is 9.84 Å². The van der Waals surface area contributed by atoms with E-state index in [1.807, 2.05) is 6.92 Å². The summed E-state index contributed by atoms with van der Waals surface area (Å²) in [6.07, 6.45) is 7.80. The van der Waals surface area contributed by atoms with E-state index in [0.29, 0.717) is 6.61 Å². The minimum absolute atomic E-state index is 0.250. The van der Waals surface area contributed by atoms with Crippen molar-refractivity contribution in [2.24, 2.45) is 0 Å². The first-order valence-electron chi connectivity index (χ1n) is 3.01. The first-order valence-corrected chi connectivity index (χ1v) is 3.01. The minimum atomic E-state index is 0.250. The maximum absolute atomic E-state index is 7.57. The summed E-state index contributed by atoms with van der Waals surface area (Å²) in [4.78, 5) is 0. The second-order valence-electron chi connectivity index (χ2n) is 1.28. The van der Waals surface area contributed by atoms with Crippen molar-refractivity contribution in [1.29, 1.82) is 0 Å². The van der Waals surface area contributed by atoms with E-state index in [0.717, 1.165) is 6.42 Å². The Morgan fingerprint density at radius 1 is 1.56 bits per heavy atom.